The van der Waals surface area contributed by atoms with E-state index in [2.05, 4.69) is 14.4 Å². The molecule has 0 radical (unpaired) electrons. The van der Waals surface area contributed by atoms with Crippen molar-refractivity contribution in [2.24, 2.45) is 9.51 Å². The largest absolute Gasteiger partial charge is 0.591 e. The van der Waals surface area contributed by atoms with Crippen LogP contribution in [0, 0.1) is 0 Å². The van der Waals surface area contributed by atoms with E-state index in [9.17, 15) is 4.55 Å². The number of nitrogens with zero attached hydrogens (tertiary/aromatic N) is 4. The Morgan fingerprint density at radius 3 is 2.75 bits per heavy atom. The molecule has 1 aromatic rings. The minimum absolute atomic E-state index is 0.222. The highest BCUT2D eigenvalue weighted by Crippen LogP contribution is 2.40. The van der Waals surface area contributed by atoms with E-state index in [0.29, 0.717) is 22.9 Å². The summed E-state index contributed by atoms with van der Waals surface area (Å²) in [6.45, 7) is 9.52. The first-order valence-electron chi connectivity index (χ1n) is 7.56. The Morgan fingerprint density at radius 2 is 2.17 bits per heavy atom. The summed E-state index contributed by atoms with van der Waals surface area (Å²) in [6.07, 6.45) is 0.588. The van der Waals surface area contributed by atoms with E-state index < -0.39 is 21.7 Å². The van der Waals surface area contributed by atoms with E-state index in [1.165, 1.54) is 0 Å². The summed E-state index contributed by atoms with van der Waals surface area (Å²) in [5.41, 5.74) is 10.2. The maximum absolute atomic E-state index is 12.3. The topological polar surface area (TPSA) is 93.4 Å². The lowest BCUT2D eigenvalue weighted by atomic mass is 9.98. The minimum Gasteiger partial charge on any atom is -0.591 e. The third kappa shape index (κ3) is 4.16. The van der Waals surface area contributed by atoms with E-state index in [1.54, 1.807) is 13.0 Å². The third-order valence-electron chi connectivity index (χ3n) is 3.65. The summed E-state index contributed by atoms with van der Waals surface area (Å²) in [4.78, 5) is 2.80. The molecule has 0 spiro atoms. The Kier molecular flexibility index (Phi) is 5.40. The van der Waals surface area contributed by atoms with Gasteiger partial charge in [-0.2, -0.15) is 0 Å². The Hall–Kier alpha value is -1.40. The van der Waals surface area contributed by atoms with Crippen molar-refractivity contribution >= 4 is 28.7 Å². The molecule has 0 bridgehead atoms. The second-order valence-corrected chi connectivity index (χ2v) is 9.44. The van der Waals surface area contributed by atoms with Crippen molar-refractivity contribution in [1.29, 1.82) is 0 Å². The van der Waals surface area contributed by atoms with Crippen molar-refractivity contribution in [2.75, 3.05) is 6.54 Å². The molecule has 1 heterocycles. The van der Waals surface area contributed by atoms with Crippen LogP contribution in [0.3, 0.4) is 0 Å². The van der Waals surface area contributed by atoms with Gasteiger partial charge in [-0.25, -0.2) is 0 Å². The average molecular weight is 369 g/mol. The van der Waals surface area contributed by atoms with Crippen LogP contribution in [0.2, 0.25) is 5.02 Å². The van der Waals surface area contributed by atoms with Crippen LogP contribution in [0.4, 0.5) is 0 Å². The second-order valence-electron chi connectivity index (χ2n) is 7.10. The molecular weight excluding hydrogens is 348 g/mol. The summed E-state index contributed by atoms with van der Waals surface area (Å²) >= 11 is 4.86. The molecule has 0 unspecified atom stereocenters. The van der Waals surface area contributed by atoms with Crippen molar-refractivity contribution in [1.82, 2.24) is 0 Å². The van der Waals surface area contributed by atoms with Crippen molar-refractivity contribution in [3.63, 3.8) is 0 Å². The summed E-state index contributed by atoms with van der Waals surface area (Å²) < 4.78 is 22.2. The number of rotatable bonds is 4. The Bertz CT molecular complexity index is 726. The van der Waals surface area contributed by atoms with E-state index in [1.807, 2.05) is 33.8 Å². The molecule has 2 rings (SSSR count). The van der Waals surface area contributed by atoms with Crippen LogP contribution in [-0.4, -0.2) is 27.2 Å². The number of hydrogen-bond donors (Lipinski definition) is 0. The first kappa shape index (κ1) is 18.9. The van der Waals surface area contributed by atoms with Crippen LogP contribution in [0.1, 0.15) is 45.7 Å². The molecule has 0 amide bonds. The fraction of sp³-hybridized carbons (Fsp3) is 0.562. The Labute approximate surface area is 150 Å². The van der Waals surface area contributed by atoms with E-state index in [4.69, 9.17) is 21.9 Å². The molecule has 0 saturated heterocycles. The monoisotopic (exact) mass is 368 g/mol. The van der Waals surface area contributed by atoms with E-state index in [0.717, 1.165) is 11.1 Å². The number of halogens is 1. The summed E-state index contributed by atoms with van der Waals surface area (Å²) in [5.74, 6) is 0.669. The van der Waals surface area contributed by atoms with Gasteiger partial charge in [0.1, 0.15) is 27.5 Å². The lowest BCUT2D eigenvalue weighted by Gasteiger charge is -2.22. The number of benzene rings is 1. The van der Waals surface area contributed by atoms with Crippen molar-refractivity contribution in [3.8, 4) is 5.75 Å². The van der Waals surface area contributed by atoms with Gasteiger partial charge in [-0.3, -0.25) is 0 Å². The zero-order valence-electron chi connectivity index (χ0n) is 14.5. The molecular formula is C16H21ClN4O2S. The molecule has 6 nitrogen and oxygen atoms in total. The molecule has 1 aromatic carbocycles. The van der Waals surface area contributed by atoms with Crippen LogP contribution < -0.4 is 4.74 Å². The summed E-state index contributed by atoms with van der Waals surface area (Å²) in [5, 5.41) is 4.20. The van der Waals surface area contributed by atoms with Gasteiger partial charge < -0.3 is 9.29 Å². The van der Waals surface area contributed by atoms with Crippen LogP contribution in [-0.2, 0) is 17.8 Å². The normalized spacial score (nSPS) is 21.7. The predicted octanol–water partition coefficient (Wildman–Crippen LogP) is 4.62. The van der Waals surface area contributed by atoms with Crippen LogP contribution >= 0.6 is 11.6 Å². The summed E-state index contributed by atoms with van der Waals surface area (Å²) in [6, 6.07) is 3.61. The number of azide groups is 1. The van der Waals surface area contributed by atoms with Gasteiger partial charge >= 0.3 is 0 Å². The first-order valence-corrected chi connectivity index (χ1v) is 9.04. The first-order chi connectivity index (χ1) is 11.1. The second kappa shape index (κ2) is 6.84. The molecule has 1 aliphatic rings. The number of ether oxygens (including phenoxy) is 1. The van der Waals surface area contributed by atoms with Gasteiger partial charge in [0, 0.05) is 27.5 Å². The molecule has 0 N–H and O–H groups in total. The minimum atomic E-state index is -1.37. The van der Waals surface area contributed by atoms with Crippen molar-refractivity contribution in [2.45, 2.75) is 51.4 Å². The highest BCUT2D eigenvalue weighted by Gasteiger charge is 2.37. The Balaban J connectivity index is 2.42. The highest BCUT2D eigenvalue weighted by molar-refractivity contribution is 7.91. The van der Waals surface area contributed by atoms with Crippen molar-refractivity contribution < 1.29 is 9.29 Å². The molecule has 24 heavy (non-hydrogen) atoms. The molecule has 1 aliphatic heterocycles. The number of fused-ring (bicyclic) bond motifs is 1. The highest BCUT2D eigenvalue weighted by atomic mass is 35.5. The standard InChI is InChI=1S/C16H21ClN4O2S/c1-10(20-24(22)15(2,3)4)13-7-12(17)6-11-8-16(5,9-19-21-18)23-14(11)13/h6-7H,8-9H2,1-5H3/t16-,24-/m1/s1. The Morgan fingerprint density at radius 1 is 1.50 bits per heavy atom. The van der Waals surface area contributed by atoms with Gasteiger partial charge in [0.2, 0.25) is 0 Å². The zero-order valence-corrected chi connectivity index (χ0v) is 16.0. The zero-order chi connectivity index (χ0) is 18.1. The molecule has 0 aliphatic carbocycles. The smallest absolute Gasteiger partial charge is 0.144 e. The van der Waals surface area contributed by atoms with Crippen LogP contribution in [0.5, 0.6) is 5.75 Å². The van der Waals surface area contributed by atoms with Gasteiger partial charge in [0.25, 0.3) is 0 Å². The maximum Gasteiger partial charge on any atom is 0.144 e. The quantitative estimate of drug-likeness (QED) is 0.255. The predicted molar refractivity (Wildman–Crippen MR) is 98.3 cm³/mol. The van der Waals surface area contributed by atoms with Crippen molar-refractivity contribution in [3.05, 3.63) is 38.7 Å². The lowest BCUT2D eigenvalue weighted by Crippen LogP contribution is -2.33. The fourth-order valence-electron chi connectivity index (χ4n) is 2.44. The SMILES string of the molecule is CC(=N[S@+]([O-])C(C)(C)C)c1cc(Cl)cc2c1O[C@@](C)(CN=[N+]=[N-])C2. The maximum atomic E-state index is 12.3. The van der Waals surface area contributed by atoms with Gasteiger partial charge in [-0.1, -0.05) is 21.1 Å². The average Bonchev–Trinajstić information content (AvgIpc) is 2.79. The van der Waals surface area contributed by atoms with Crippen LogP contribution in [0.25, 0.3) is 10.4 Å². The lowest BCUT2D eigenvalue weighted by molar-refractivity contribution is 0.125. The third-order valence-corrected chi connectivity index (χ3v) is 5.35. The van der Waals surface area contributed by atoms with Gasteiger partial charge in [0.05, 0.1) is 12.3 Å². The summed E-state index contributed by atoms with van der Waals surface area (Å²) in [7, 11) is 0. The van der Waals surface area contributed by atoms with Gasteiger partial charge in [-0.15, -0.1) is 0 Å². The van der Waals surface area contributed by atoms with Gasteiger partial charge in [-0.05, 0) is 52.3 Å². The molecule has 0 saturated carbocycles. The molecule has 8 heteroatoms. The molecule has 0 fully saturated rings. The fourth-order valence-corrected chi connectivity index (χ4v) is 3.30. The van der Waals surface area contributed by atoms with Gasteiger partial charge in [0.15, 0.2) is 0 Å². The van der Waals surface area contributed by atoms with E-state index in [-0.39, 0.29) is 6.54 Å². The number of hydrogen-bond acceptors (Lipinski definition) is 4. The van der Waals surface area contributed by atoms with Crippen LogP contribution in [0.15, 0.2) is 21.6 Å². The van der Waals surface area contributed by atoms with E-state index >= 15 is 0 Å². The molecule has 2 atom stereocenters. The molecule has 0 aromatic heterocycles. The molecule has 130 valence electrons.